The van der Waals surface area contributed by atoms with Crippen molar-refractivity contribution in [3.05, 3.63) is 130 Å². The van der Waals surface area contributed by atoms with Crippen LogP contribution in [0.4, 0.5) is 5.69 Å². The molecule has 1 N–H and O–H groups in total. The average molecular weight is 640 g/mol. The summed E-state index contributed by atoms with van der Waals surface area (Å²) in [5.74, 6) is -0.541. The molecule has 0 spiro atoms. The normalized spacial score (nSPS) is 12.1. The molecule has 7 nitrogen and oxygen atoms in total. The number of rotatable bonds is 13. The lowest BCUT2D eigenvalue weighted by molar-refractivity contribution is -0.140. The number of nitrogens with zero attached hydrogens (tertiary/aromatic N) is 2. The summed E-state index contributed by atoms with van der Waals surface area (Å²) in [4.78, 5) is 30.3. The van der Waals surface area contributed by atoms with Crippen LogP contribution in [-0.4, -0.2) is 44.3 Å². The Kier molecular flexibility index (Phi) is 11.4. The second-order valence-corrected chi connectivity index (χ2v) is 14.3. The Bertz CT molecular complexity index is 1750. The van der Waals surface area contributed by atoms with Crippen LogP contribution in [0.5, 0.6) is 0 Å². The van der Waals surface area contributed by atoms with Crippen molar-refractivity contribution in [1.29, 1.82) is 0 Å². The van der Waals surface area contributed by atoms with Crippen molar-refractivity contribution in [2.75, 3.05) is 17.4 Å². The van der Waals surface area contributed by atoms with Gasteiger partial charge in [0.15, 0.2) is 0 Å². The fraction of sp³-hybridized carbons (Fsp3) is 0.316. The Morgan fingerprint density at radius 2 is 1.39 bits per heavy atom. The molecule has 0 saturated carbocycles. The van der Waals surface area contributed by atoms with Gasteiger partial charge in [-0.1, -0.05) is 98.3 Å². The third-order valence-electron chi connectivity index (χ3n) is 8.08. The average Bonchev–Trinajstić information content (AvgIpc) is 3.03. The van der Waals surface area contributed by atoms with Crippen molar-refractivity contribution >= 4 is 27.5 Å². The zero-order chi connectivity index (χ0) is 33.4. The summed E-state index contributed by atoms with van der Waals surface area (Å²) in [6.07, 6.45) is 0.274. The van der Waals surface area contributed by atoms with Gasteiger partial charge in [0.1, 0.15) is 12.6 Å². The van der Waals surface area contributed by atoms with Crippen LogP contribution >= 0.6 is 0 Å². The van der Waals surface area contributed by atoms with Crippen molar-refractivity contribution in [2.45, 2.75) is 65.4 Å². The molecule has 242 valence electrons. The third-order valence-corrected chi connectivity index (χ3v) is 9.85. The van der Waals surface area contributed by atoms with Gasteiger partial charge in [0.05, 0.1) is 10.6 Å². The predicted molar refractivity (Wildman–Crippen MR) is 185 cm³/mol. The molecule has 2 amide bonds. The molecule has 0 aromatic heterocycles. The SMILES string of the molecule is Cc1ccc(S(=O)(=O)N(CC(=O)N(Cc2ccccc2C)[C@H](Cc2ccccc2)C(=O)NCC(C)C)c2cc(C)ccc2C)cc1. The van der Waals surface area contributed by atoms with Gasteiger partial charge in [-0.3, -0.25) is 13.9 Å². The second kappa shape index (κ2) is 15.2. The molecule has 0 aliphatic heterocycles. The number of hydrogen-bond donors (Lipinski definition) is 1. The van der Waals surface area contributed by atoms with E-state index in [0.717, 1.165) is 33.4 Å². The van der Waals surface area contributed by atoms with Gasteiger partial charge in [-0.2, -0.15) is 0 Å². The minimum Gasteiger partial charge on any atom is -0.354 e. The number of nitrogens with one attached hydrogen (secondary N) is 1. The topological polar surface area (TPSA) is 86.8 Å². The van der Waals surface area contributed by atoms with Gasteiger partial charge in [-0.05, 0) is 79.6 Å². The van der Waals surface area contributed by atoms with E-state index in [1.807, 2.05) is 108 Å². The van der Waals surface area contributed by atoms with Crippen LogP contribution < -0.4 is 9.62 Å². The van der Waals surface area contributed by atoms with Gasteiger partial charge in [-0.25, -0.2) is 8.42 Å². The Hall–Kier alpha value is -4.43. The molecule has 0 unspecified atom stereocenters. The van der Waals surface area contributed by atoms with Crippen molar-refractivity contribution in [1.82, 2.24) is 10.2 Å². The first-order valence-electron chi connectivity index (χ1n) is 15.7. The van der Waals surface area contributed by atoms with E-state index in [1.54, 1.807) is 35.2 Å². The quantitative estimate of drug-likeness (QED) is 0.180. The van der Waals surface area contributed by atoms with Crippen LogP contribution in [0.3, 0.4) is 0 Å². The molecule has 46 heavy (non-hydrogen) atoms. The van der Waals surface area contributed by atoms with Crippen LogP contribution in [0, 0.1) is 33.6 Å². The van der Waals surface area contributed by atoms with E-state index < -0.39 is 28.5 Å². The number of carbonyl (C=O) groups is 2. The minimum absolute atomic E-state index is 0.0905. The van der Waals surface area contributed by atoms with Crippen LogP contribution in [0.15, 0.2) is 102 Å². The molecular formula is C38H45N3O4S. The van der Waals surface area contributed by atoms with Crippen molar-refractivity contribution in [3.63, 3.8) is 0 Å². The Labute approximate surface area is 274 Å². The molecule has 1 atom stereocenters. The highest BCUT2D eigenvalue weighted by atomic mass is 32.2. The van der Waals surface area contributed by atoms with Gasteiger partial charge in [0, 0.05) is 19.5 Å². The molecule has 0 aliphatic carbocycles. The summed E-state index contributed by atoms with van der Waals surface area (Å²) in [5, 5.41) is 3.04. The number of anilines is 1. The van der Waals surface area contributed by atoms with Crippen LogP contribution in [0.25, 0.3) is 0 Å². The standard InChI is InChI=1S/C38H45N3O4S/c1-27(2)24-39-38(43)36(23-32-13-8-7-9-14-32)40(25-33-15-11-10-12-30(33)5)37(42)26-41(35-22-29(4)16-19-31(35)6)46(44,45)34-20-17-28(3)18-21-34/h7-22,27,36H,23-26H2,1-6H3,(H,39,43)/t36-/m1/s1. The lowest BCUT2D eigenvalue weighted by atomic mass is 10.0. The molecular weight excluding hydrogens is 595 g/mol. The van der Waals surface area contributed by atoms with Gasteiger partial charge in [0.2, 0.25) is 11.8 Å². The molecule has 8 heteroatoms. The Morgan fingerprint density at radius 1 is 0.761 bits per heavy atom. The Balaban J connectivity index is 1.84. The molecule has 4 aromatic carbocycles. The monoisotopic (exact) mass is 639 g/mol. The molecule has 0 bridgehead atoms. The maximum absolute atomic E-state index is 14.7. The zero-order valence-electron chi connectivity index (χ0n) is 27.7. The summed E-state index contributed by atoms with van der Waals surface area (Å²) in [5.41, 5.74) is 5.68. The van der Waals surface area contributed by atoms with E-state index in [0.29, 0.717) is 12.2 Å². The van der Waals surface area contributed by atoms with Crippen LogP contribution in [0.2, 0.25) is 0 Å². The highest BCUT2D eigenvalue weighted by Crippen LogP contribution is 2.29. The first kappa shape index (κ1) is 34.4. The lowest BCUT2D eigenvalue weighted by Crippen LogP contribution is -2.54. The maximum atomic E-state index is 14.7. The highest BCUT2D eigenvalue weighted by Gasteiger charge is 2.35. The molecule has 0 radical (unpaired) electrons. The summed E-state index contributed by atoms with van der Waals surface area (Å²) in [7, 11) is -4.16. The van der Waals surface area contributed by atoms with Crippen molar-refractivity contribution < 1.29 is 18.0 Å². The largest absolute Gasteiger partial charge is 0.354 e. The van der Waals surface area contributed by atoms with Gasteiger partial charge in [-0.15, -0.1) is 0 Å². The number of amides is 2. The second-order valence-electron chi connectivity index (χ2n) is 12.4. The molecule has 0 saturated heterocycles. The lowest BCUT2D eigenvalue weighted by Gasteiger charge is -2.34. The number of hydrogen-bond acceptors (Lipinski definition) is 4. The summed E-state index contributed by atoms with van der Waals surface area (Å²) >= 11 is 0. The van der Waals surface area contributed by atoms with Crippen molar-refractivity contribution in [2.24, 2.45) is 5.92 Å². The van der Waals surface area contributed by atoms with E-state index in [2.05, 4.69) is 5.32 Å². The zero-order valence-corrected chi connectivity index (χ0v) is 28.5. The molecule has 4 rings (SSSR count). The van der Waals surface area contributed by atoms with Crippen LogP contribution in [0.1, 0.15) is 47.2 Å². The molecule has 0 heterocycles. The number of carbonyl (C=O) groups excluding carboxylic acids is 2. The van der Waals surface area contributed by atoms with E-state index >= 15 is 0 Å². The summed E-state index contributed by atoms with van der Waals surface area (Å²) in [6, 6.07) is 28.6. The van der Waals surface area contributed by atoms with Gasteiger partial charge < -0.3 is 10.2 Å². The fourth-order valence-corrected chi connectivity index (χ4v) is 6.76. The number of sulfonamides is 1. The fourth-order valence-electron chi connectivity index (χ4n) is 5.29. The van der Waals surface area contributed by atoms with E-state index in [9.17, 15) is 18.0 Å². The molecule has 4 aromatic rings. The molecule has 0 aliphatic rings. The summed E-state index contributed by atoms with van der Waals surface area (Å²) in [6.45, 7) is 11.7. The van der Waals surface area contributed by atoms with Crippen LogP contribution in [-0.2, 0) is 32.6 Å². The molecule has 0 fully saturated rings. The number of aryl methyl sites for hydroxylation is 4. The third kappa shape index (κ3) is 8.63. The first-order valence-corrected chi connectivity index (χ1v) is 17.1. The van der Waals surface area contributed by atoms with Gasteiger partial charge >= 0.3 is 0 Å². The van der Waals surface area contributed by atoms with Gasteiger partial charge in [0.25, 0.3) is 10.0 Å². The van der Waals surface area contributed by atoms with E-state index in [4.69, 9.17) is 0 Å². The predicted octanol–water partition coefficient (Wildman–Crippen LogP) is 6.53. The maximum Gasteiger partial charge on any atom is 0.264 e. The van der Waals surface area contributed by atoms with E-state index in [1.165, 1.54) is 4.31 Å². The number of benzene rings is 4. The van der Waals surface area contributed by atoms with Crippen molar-refractivity contribution in [3.8, 4) is 0 Å². The first-order chi connectivity index (χ1) is 21.9. The highest BCUT2D eigenvalue weighted by molar-refractivity contribution is 7.92. The summed E-state index contributed by atoms with van der Waals surface area (Å²) < 4.78 is 29.8. The minimum atomic E-state index is -4.16. The smallest absolute Gasteiger partial charge is 0.264 e. The Morgan fingerprint density at radius 3 is 2.04 bits per heavy atom. The van der Waals surface area contributed by atoms with E-state index in [-0.39, 0.29) is 29.7 Å².